The SMILES string of the molecule is O=C(OCc1csc(Nc2ccccc2)n1)c1ccc([N+](=O)[O-])c(F)c1. The fourth-order valence-electron chi connectivity index (χ4n) is 2.08. The van der Waals surface area contributed by atoms with Gasteiger partial charge < -0.3 is 10.1 Å². The number of carbonyl (C=O) groups excluding carboxylic acids is 1. The van der Waals surface area contributed by atoms with Gasteiger partial charge in [-0.25, -0.2) is 9.78 Å². The van der Waals surface area contributed by atoms with Crippen LogP contribution in [0.2, 0.25) is 0 Å². The minimum atomic E-state index is -1.09. The molecular formula is C17H12FN3O4S. The quantitative estimate of drug-likeness (QED) is 0.393. The molecule has 1 N–H and O–H groups in total. The number of nitrogens with zero attached hydrogens (tertiary/aromatic N) is 2. The van der Waals surface area contributed by atoms with Crippen molar-refractivity contribution in [2.24, 2.45) is 0 Å². The number of aromatic nitrogens is 1. The topological polar surface area (TPSA) is 94.4 Å². The number of hydrogen-bond donors (Lipinski definition) is 1. The molecular weight excluding hydrogens is 361 g/mol. The van der Waals surface area contributed by atoms with Crippen molar-refractivity contribution in [2.45, 2.75) is 6.61 Å². The number of nitrogens with one attached hydrogen (secondary N) is 1. The van der Waals surface area contributed by atoms with Crippen LogP contribution in [-0.4, -0.2) is 15.9 Å². The van der Waals surface area contributed by atoms with E-state index in [0.717, 1.165) is 23.9 Å². The fourth-order valence-corrected chi connectivity index (χ4v) is 2.80. The molecule has 0 amide bonds. The molecule has 0 aliphatic heterocycles. The molecule has 7 nitrogen and oxygen atoms in total. The summed E-state index contributed by atoms with van der Waals surface area (Å²) >= 11 is 1.35. The molecule has 0 unspecified atom stereocenters. The van der Waals surface area contributed by atoms with E-state index in [0.29, 0.717) is 10.8 Å². The number of esters is 1. The summed E-state index contributed by atoms with van der Waals surface area (Å²) in [6, 6.07) is 12.3. The van der Waals surface area contributed by atoms with Crippen molar-refractivity contribution < 1.29 is 18.8 Å². The highest BCUT2D eigenvalue weighted by Gasteiger charge is 2.17. The van der Waals surface area contributed by atoms with Crippen LogP contribution in [0.3, 0.4) is 0 Å². The van der Waals surface area contributed by atoms with Crippen molar-refractivity contribution in [2.75, 3.05) is 5.32 Å². The van der Waals surface area contributed by atoms with Crippen LogP contribution in [0.4, 0.5) is 20.9 Å². The van der Waals surface area contributed by atoms with Crippen LogP contribution in [0, 0.1) is 15.9 Å². The maximum atomic E-state index is 13.6. The number of nitro benzene ring substituents is 1. The largest absolute Gasteiger partial charge is 0.456 e. The molecule has 26 heavy (non-hydrogen) atoms. The van der Waals surface area contributed by atoms with Crippen molar-refractivity contribution in [3.63, 3.8) is 0 Å². The van der Waals surface area contributed by atoms with Crippen LogP contribution in [0.5, 0.6) is 0 Å². The lowest BCUT2D eigenvalue weighted by Gasteiger charge is -2.03. The Hall–Kier alpha value is -3.33. The number of para-hydroxylation sites is 1. The van der Waals surface area contributed by atoms with Gasteiger partial charge in [0, 0.05) is 17.1 Å². The minimum absolute atomic E-state index is 0.0928. The van der Waals surface area contributed by atoms with Crippen molar-refractivity contribution in [1.82, 2.24) is 4.98 Å². The monoisotopic (exact) mass is 373 g/mol. The highest BCUT2D eigenvalue weighted by Crippen LogP contribution is 2.22. The summed E-state index contributed by atoms with van der Waals surface area (Å²) in [5.41, 5.74) is 0.611. The number of hydrogen-bond acceptors (Lipinski definition) is 7. The smallest absolute Gasteiger partial charge is 0.338 e. The first-order chi connectivity index (χ1) is 12.5. The number of thiazole rings is 1. The molecule has 0 aliphatic carbocycles. The molecule has 3 aromatic rings. The molecule has 0 bridgehead atoms. The second kappa shape index (κ2) is 7.70. The Kier molecular flexibility index (Phi) is 5.18. The molecule has 0 radical (unpaired) electrons. The highest BCUT2D eigenvalue weighted by atomic mass is 32.1. The predicted octanol–water partition coefficient (Wildman–Crippen LogP) is 4.29. The van der Waals surface area contributed by atoms with Gasteiger partial charge in [0.25, 0.3) is 0 Å². The van der Waals surface area contributed by atoms with E-state index in [1.165, 1.54) is 11.3 Å². The normalized spacial score (nSPS) is 10.3. The molecule has 3 rings (SSSR count). The van der Waals surface area contributed by atoms with Gasteiger partial charge in [0.1, 0.15) is 6.61 Å². The van der Waals surface area contributed by atoms with E-state index >= 15 is 0 Å². The van der Waals surface area contributed by atoms with Crippen LogP contribution in [0.1, 0.15) is 16.1 Å². The first-order valence-electron chi connectivity index (χ1n) is 7.40. The first-order valence-corrected chi connectivity index (χ1v) is 8.28. The Balaban J connectivity index is 1.60. The second-order valence-electron chi connectivity index (χ2n) is 5.13. The Bertz CT molecular complexity index is 946. The Morgan fingerprint density at radius 3 is 2.73 bits per heavy atom. The molecule has 1 aromatic heterocycles. The van der Waals surface area contributed by atoms with E-state index in [9.17, 15) is 19.3 Å². The molecule has 0 fully saturated rings. The van der Waals surface area contributed by atoms with E-state index < -0.39 is 22.4 Å². The predicted molar refractivity (Wildman–Crippen MR) is 94.0 cm³/mol. The van der Waals surface area contributed by atoms with E-state index in [2.05, 4.69) is 10.3 Å². The lowest BCUT2D eigenvalue weighted by Crippen LogP contribution is -2.06. The maximum absolute atomic E-state index is 13.6. The summed E-state index contributed by atoms with van der Waals surface area (Å²) in [6.07, 6.45) is 0. The van der Waals surface area contributed by atoms with E-state index in [4.69, 9.17) is 4.74 Å². The number of ether oxygens (including phenoxy) is 1. The van der Waals surface area contributed by atoms with Crippen LogP contribution in [-0.2, 0) is 11.3 Å². The third-order valence-corrected chi connectivity index (χ3v) is 4.11. The Morgan fingerprint density at radius 2 is 2.04 bits per heavy atom. The zero-order valence-corrected chi connectivity index (χ0v) is 14.0. The number of halogens is 1. The van der Waals surface area contributed by atoms with Gasteiger partial charge in [0.15, 0.2) is 5.13 Å². The standard InChI is InChI=1S/C17H12FN3O4S/c18-14-8-11(6-7-15(14)21(23)24)16(22)25-9-13-10-26-17(20-13)19-12-4-2-1-3-5-12/h1-8,10H,9H2,(H,19,20). The zero-order chi connectivity index (χ0) is 18.5. The molecule has 0 spiro atoms. The Morgan fingerprint density at radius 1 is 1.27 bits per heavy atom. The summed E-state index contributed by atoms with van der Waals surface area (Å²) in [7, 11) is 0. The maximum Gasteiger partial charge on any atom is 0.338 e. The van der Waals surface area contributed by atoms with E-state index in [1.807, 2.05) is 30.3 Å². The molecule has 9 heteroatoms. The van der Waals surface area contributed by atoms with Crippen molar-refractivity contribution in [1.29, 1.82) is 0 Å². The Labute approximate surface area is 151 Å². The zero-order valence-electron chi connectivity index (χ0n) is 13.2. The summed E-state index contributed by atoms with van der Waals surface area (Å²) in [6.45, 7) is -0.0928. The first kappa shape index (κ1) is 17.5. The van der Waals surface area contributed by atoms with Crippen molar-refractivity contribution >= 4 is 33.8 Å². The van der Waals surface area contributed by atoms with Gasteiger partial charge in [-0.3, -0.25) is 10.1 Å². The molecule has 0 atom stereocenters. The van der Waals surface area contributed by atoms with Gasteiger partial charge >= 0.3 is 11.7 Å². The third kappa shape index (κ3) is 4.19. The van der Waals surface area contributed by atoms with Crippen molar-refractivity contribution in [3.8, 4) is 0 Å². The van der Waals surface area contributed by atoms with Crippen LogP contribution >= 0.6 is 11.3 Å². The number of benzene rings is 2. The molecule has 1 heterocycles. The summed E-state index contributed by atoms with van der Waals surface area (Å²) in [4.78, 5) is 26.0. The number of carbonyl (C=O) groups is 1. The third-order valence-electron chi connectivity index (χ3n) is 3.31. The van der Waals surface area contributed by atoms with Crippen LogP contribution in [0.15, 0.2) is 53.9 Å². The second-order valence-corrected chi connectivity index (χ2v) is 5.99. The molecule has 132 valence electrons. The molecule has 0 saturated carbocycles. The van der Waals surface area contributed by atoms with Crippen LogP contribution < -0.4 is 5.32 Å². The van der Waals surface area contributed by atoms with E-state index in [1.54, 1.807) is 5.38 Å². The molecule has 0 saturated heterocycles. The number of rotatable bonds is 6. The molecule has 2 aromatic carbocycles. The van der Waals surface area contributed by atoms with Crippen LogP contribution in [0.25, 0.3) is 0 Å². The lowest BCUT2D eigenvalue weighted by molar-refractivity contribution is -0.387. The van der Waals surface area contributed by atoms with Gasteiger partial charge in [-0.05, 0) is 24.3 Å². The number of anilines is 2. The van der Waals surface area contributed by atoms with Gasteiger partial charge in [0.2, 0.25) is 5.82 Å². The van der Waals surface area contributed by atoms with Gasteiger partial charge in [-0.15, -0.1) is 11.3 Å². The molecule has 0 aliphatic rings. The summed E-state index contributed by atoms with van der Waals surface area (Å²) < 4.78 is 18.6. The summed E-state index contributed by atoms with van der Waals surface area (Å²) in [5.74, 6) is -1.88. The van der Waals surface area contributed by atoms with E-state index in [-0.39, 0.29) is 12.2 Å². The van der Waals surface area contributed by atoms with Gasteiger partial charge in [-0.2, -0.15) is 4.39 Å². The average Bonchev–Trinajstić information content (AvgIpc) is 3.07. The lowest BCUT2D eigenvalue weighted by atomic mass is 10.2. The van der Waals surface area contributed by atoms with Gasteiger partial charge in [0.05, 0.1) is 16.2 Å². The average molecular weight is 373 g/mol. The minimum Gasteiger partial charge on any atom is -0.456 e. The number of nitro groups is 1. The van der Waals surface area contributed by atoms with Gasteiger partial charge in [-0.1, -0.05) is 18.2 Å². The van der Waals surface area contributed by atoms with Crippen molar-refractivity contribution in [3.05, 3.63) is 81.1 Å². The highest BCUT2D eigenvalue weighted by molar-refractivity contribution is 7.13. The summed E-state index contributed by atoms with van der Waals surface area (Å²) in [5, 5.41) is 16.1. The fraction of sp³-hybridized carbons (Fsp3) is 0.0588.